The molecule has 3 aromatic heterocycles. The monoisotopic (exact) mass is 773 g/mol. The second-order valence-electron chi connectivity index (χ2n) is 13.1. The Morgan fingerprint density at radius 2 is 1.47 bits per heavy atom. The molecule has 2 aromatic carbocycles. The van der Waals surface area contributed by atoms with Crippen molar-refractivity contribution in [3.8, 4) is 11.5 Å². The smallest absolute Gasteiger partial charge is 0.376 e. The minimum Gasteiger partial charge on any atom is -0.488 e. The predicted octanol–water partition coefficient (Wildman–Crippen LogP) is 8.20. The van der Waals surface area contributed by atoms with Crippen molar-refractivity contribution >= 4 is 41.9 Å². The van der Waals surface area contributed by atoms with Crippen molar-refractivity contribution in [3.05, 3.63) is 147 Å². The van der Waals surface area contributed by atoms with E-state index in [1.807, 2.05) is 80.7 Å². The number of benzene rings is 2. The van der Waals surface area contributed by atoms with Crippen LogP contribution in [0.1, 0.15) is 57.0 Å². The zero-order chi connectivity index (χ0) is 37.3. The zero-order valence-electron chi connectivity index (χ0n) is 30.0. The summed E-state index contributed by atoms with van der Waals surface area (Å²) < 4.78 is 17.1. The molecule has 1 N–H and O–H groups in total. The fraction of sp³-hybridized carbons (Fsp3) is 0.325. The third-order valence-corrected chi connectivity index (χ3v) is 10.4. The van der Waals surface area contributed by atoms with Crippen LogP contribution in [0.5, 0.6) is 11.5 Å². The van der Waals surface area contributed by atoms with E-state index in [1.54, 1.807) is 25.6 Å². The van der Waals surface area contributed by atoms with Crippen molar-refractivity contribution in [2.75, 3.05) is 33.4 Å². The molecule has 276 valence electrons. The average Bonchev–Trinajstić information content (AvgIpc) is 3.42. The van der Waals surface area contributed by atoms with Gasteiger partial charge in [0.05, 0.1) is 17.4 Å². The number of aromatic nitrogens is 3. The molecule has 13 heteroatoms. The zero-order valence-corrected chi connectivity index (χ0v) is 32.3. The summed E-state index contributed by atoms with van der Waals surface area (Å²) in [6.45, 7) is 7.91. The van der Waals surface area contributed by atoms with Crippen molar-refractivity contribution in [2.24, 2.45) is 0 Å². The fourth-order valence-electron chi connectivity index (χ4n) is 6.88. The van der Waals surface area contributed by atoms with Gasteiger partial charge in [0.1, 0.15) is 30.1 Å². The molecule has 0 aliphatic carbocycles. The van der Waals surface area contributed by atoms with Crippen LogP contribution in [-0.2, 0) is 18.0 Å². The van der Waals surface area contributed by atoms with Gasteiger partial charge in [-0.15, -0.1) is 11.6 Å². The standard InChI is InChI=1S/C21H27BClN3O3.C13H9Cl2NO.C6H7N/c1-22(27)26-10-9-25(13-17(26)7-11-28-2)21-18-6-5-16(23)12-19(18)29-14-15-4-3-8-24-20(15)21;14-9-3-4-10-11(6-9)17-7-8-2-1-5-16-13(8)12(10)15;1-6-3-2-4-7-5-6/h3-6,8,12,17,21,27H,7,9-11,13-14H2,1-2H3;1-6,12H,7H2;2-5H,1H3/t17-,21?;;/m0../s1. The average molecular weight is 775 g/mol. The number of aryl methyl sites for hydroxylation is 1. The third kappa shape index (κ3) is 9.69. The lowest BCUT2D eigenvalue weighted by Crippen LogP contribution is -2.58. The van der Waals surface area contributed by atoms with Crippen LogP contribution in [0, 0.1) is 6.92 Å². The van der Waals surface area contributed by atoms with Crippen LogP contribution in [0.25, 0.3) is 0 Å². The van der Waals surface area contributed by atoms with Crippen LogP contribution in [0.15, 0.2) is 97.6 Å². The van der Waals surface area contributed by atoms with E-state index in [1.165, 1.54) is 5.56 Å². The highest BCUT2D eigenvalue weighted by atomic mass is 35.5. The molecular weight excluding hydrogens is 732 g/mol. The van der Waals surface area contributed by atoms with Gasteiger partial charge in [-0.1, -0.05) is 53.5 Å². The molecule has 3 aliphatic rings. The number of fused-ring (bicyclic) bond motifs is 4. The first-order valence-corrected chi connectivity index (χ1v) is 18.8. The van der Waals surface area contributed by atoms with Crippen LogP contribution in [0.3, 0.4) is 0 Å². The van der Waals surface area contributed by atoms with E-state index in [0.29, 0.717) is 29.9 Å². The molecule has 0 amide bonds. The summed E-state index contributed by atoms with van der Waals surface area (Å²) in [5, 5.41) is 11.3. The Kier molecular flexibility index (Phi) is 13.6. The Balaban J connectivity index is 0.000000167. The van der Waals surface area contributed by atoms with Crippen molar-refractivity contribution in [3.63, 3.8) is 0 Å². The van der Waals surface area contributed by atoms with Gasteiger partial charge in [-0.2, -0.15) is 0 Å². The summed E-state index contributed by atoms with van der Waals surface area (Å²) >= 11 is 18.7. The highest BCUT2D eigenvalue weighted by Gasteiger charge is 2.38. The first-order chi connectivity index (χ1) is 25.7. The van der Waals surface area contributed by atoms with E-state index < -0.39 is 7.05 Å². The van der Waals surface area contributed by atoms with Gasteiger partial charge in [-0.25, -0.2) is 0 Å². The first kappa shape index (κ1) is 39.0. The minimum atomic E-state index is -0.479. The molecule has 1 saturated heterocycles. The number of hydrogen-bond donors (Lipinski definition) is 1. The van der Waals surface area contributed by atoms with E-state index in [9.17, 15) is 5.02 Å². The molecule has 0 spiro atoms. The number of alkyl halides is 1. The largest absolute Gasteiger partial charge is 0.488 e. The molecule has 0 bridgehead atoms. The van der Waals surface area contributed by atoms with Gasteiger partial charge in [-0.3, -0.25) is 19.9 Å². The molecule has 6 heterocycles. The molecule has 3 atom stereocenters. The van der Waals surface area contributed by atoms with Gasteiger partial charge >= 0.3 is 7.05 Å². The van der Waals surface area contributed by atoms with Gasteiger partial charge < -0.3 is 24.0 Å². The summed E-state index contributed by atoms with van der Waals surface area (Å²) in [5.74, 6) is 1.54. The Hall–Kier alpha value is -3.74. The van der Waals surface area contributed by atoms with Gasteiger partial charge in [-0.05, 0) is 68.2 Å². The molecule has 53 heavy (non-hydrogen) atoms. The number of hydrogen-bond acceptors (Lipinski definition) is 9. The van der Waals surface area contributed by atoms with Crippen LogP contribution in [0.2, 0.25) is 16.9 Å². The number of piperazine rings is 1. The number of halogens is 3. The molecule has 2 unspecified atom stereocenters. The van der Waals surface area contributed by atoms with E-state index in [-0.39, 0.29) is 17.5 Å². The van der Waals surface area contributed by atoms with Gasteiger partial charge in [0.25, 0.3) is 0 Å². The van der Waals surface area contributed by atoms with Gasteiger partial charge in [0.2, 0.25) is 0 Å². The van der Waals surface area contributed by atoms with Crippen molar-refractivity contribution in [1.82, 2.24) is 24.7 Å². The van der Waals surface area contributed by atoms with Crippen molar-refractivity contribution < 1.29 is 19.2 Å². The Morgan fingerprint density at radius 1 is 0.849 bits per heavy atom. The molecule has 1 fully saturated rings. The second-order valence-corrected chi connectivity index (χ2v) is 14.4. The van der Waals surface area contributed by atoms with Gasteiger partial charge in [0.15, 0.2) is 0 Å². The molecule has 5 aromatic rings. The van der Waals surface area contributed by atoms with Crippen molar-refractivity contribution in [2.45, 2.75) is 50.8 Å². The lowest BCUT2D eigenvalue weighted by molar-refractivity contribution is 0.0743. The number of nitrogens with zero attached hydrogens (tertiary/aromatic N) is 5. The summed E-state index contributed by atoms with van der Waals surface area (Å²) in [7, 11) is 1.24. The Bertz CT molecular complexity index is 1960. The normalized spacial score (nSPS) is 19.0. The number of ether oxygens (including phenoxy) is 3. The van der Waals surface area contributed by atoms with E-state index >= 15 is 0 Å². The second kappa shape index (κ2) is 18.5. The summed E-state index contributed by atoms with van der Waals surface area (Å²) in [4.78, 5) is 17.6. The maximum atomic E-state index is 10.3. The molecule has 9 nitrogen and oxygen atoms in total. The Morgan fingerprint density at radius 3 is 2.08 bits per heavy atom. The maximum Gasteiger partial charge on any atom is 0.376 e. The number of rotatable bonds is 5. The van der Waals surface area contributed by atoms with Crippen molar-refractivity contribution in [1.29, 1.82) is 0 Å². The molecule has 0 radical (unpaired) electrons. The predicted molar refractivity (Wildman–Crippen MR) is 211 cm³/mol. The summed E-state index contributed by atoms with van der Waals surface area (Å²) in [6, 6.07) is 23.4. The fourth-order valence-corrected chi connectivity index (χ4v) is 7.58. The van der Waals surface area contributed by atoms with E-state index in [4.69, 9.17) is 54.0 Å². The summed E-state index contributed by atoms with van der Waals surface area (Å²) in [5.41, 5.74) is 7.20. The topological polar surface area (TPSA) is 93.1 Å². The highest BCUT2D eigenvalue weighted by molar-refractivity contribution is 6.45. The lowest BCUT2D eigenvalue weighted by Gasteiger charge is -2.45. The molecule has 3 aliphatic heterocycles. The lowest BCUT2D eigenvalue weighted by atomic mass is 9.81. The number of methoxy groups -OCH3 is 1. The van der Waals surface area contributed by atoms with Crippen LogP contribution < -0.4 is 9.47 Å². The Labute approximate surface area is 327 Å². The molecule has 8 rings (SSSR count). The van der Waals surface area contributed by atoms with Crippen LogP contribution in [-0.4, -0.2) is 76.1 Å². The SMILES string of the molecule is COCC[C@H]1CN(C2c3ccc(Cl)cc3OCc3cccnc32)CCN1B(C)O.Cc1cccnc1.Clc1ccc2c(c1)OCc1cccnc1C2Cl. The maximum absolute atomic E-state index is 10.3. The summed E-state index contributed by atoms with van der Waals surface area (Å²) in [6.07, 6.45) is 8.06. The van der Waals surface area contributed by atoms with E-state index in [0.717, 1.165) is 71.2 Å². The highest BCUT2D eigenvalue weighted by Crippen LogP contribution is 2.42. The number of pyridine rings is 3. The first-order valence-electron chi connectivity index (χ1n) is 17.6. The minimum absolute atomic E-state index is 0.0119. The quantitative estimate of drug-likeness (QED) is 0.140. The van der Waals surface area contributed by atoms with Gasteiger partial charge in [0, 0.05) is 96.5 Å². The van der Waals surface area contributed by atoms with Crippen LogP contribution in [0.4, 0.5) is 0 Å². The third-order valence-electron chi connectivity index (χ3n) is 9.51. The van der Waals surface area contributed by atoms with Crippen LogP contribution >= 0.6 is 34.8 Å². The van der Waals surface area contributed by atoms with E-state index in [2.05, 4.69) is 31.8 Å². The molecule has 0 saturated carbocycles. The molecular formula is C40H43BCl3N5O4.